The first-order chi connectivity index (χ1) is 12.9. The summed E-state index contributed by atoms with van der Waals surface area (Å²) in [4.78, 5) is 36.9. The minimum atomic E-state index is -0.796. The zero-order valence-electron chi connectivity index (χ0n) is 13.9. The molecule has 3 aromatic rings. The topological polar surface area (TPSA) is 143 Å². The van der Waals surface area contributed by atoms with Gasteiger partial charge in [0.05, 0.1) is 27.8 Å². The van der Waals surface area contributed by atoms with Gasteiger partial charge in [-0.25, -0.2) is 0 Å². The highest BCUT2D eigenvalue weighted by atomic mass is 32.1. The number of thiazole rings is 1. The molecule has 11 nitrogen and oxygen atoms in total. The SMILES string of the molecule is COCCn1c(=NC(=O)c2ccc([N+](=O)[O-])o2)sc2cc([N+](=O)[O-])ccc21. The maximum Gasteiger partial charge on any atom is 0.433 e. The summed E-state index contributed by atoms with van der Waals surface area (Å²) in [6, 6.07) is 6.56. The number of benzene rings is 1. The van der Waals surface area contributed by atoms with E-state index >= 15 is 0 Å². The minimum absolute atomic E-state index is 0.0813. The van der Waals surface area contributed by atoms with Gasteiger partial charge in [-0.15, -0.1) is 0 Å². The summed E-state index contributed by atoms with van der Waals surface area (Å²) in [7, 11) is 1.52. The smallest absolute Gasteiger partial charge is 0.395 e. The molecule has 1 amide bonds. The van der Waals surface area contributed by atoms with Gasteiger partial charge in [-0.1, -0.05) is 11.3 Å². The predicted molar refractivity (Wildman–Crippen MR) is 93.6 cm³/mol. The molecule has 2 heterocycles. The Balaban J connectivity index is 2.09. The highest BCUT2D eigenvalue weighted by molar-refractivity contribution is 7.16. The molecule has 140 valence electrons. The van der Waals surface area contributed by atoms with E-state index in [1.165, 1.54) is 25.3 Å². The van der Waals surface area contributed by atoms with Crippen LogP contribution >= 0.6 is 11.3 Å². The first kappa shape index (κ1) is 18.4. The third-order valence-electron chi connectivity index (χ3n) is 3.58. The van der Waals surface area contributed by atoms with Crippen molar-refractivity contribution in [3.05, 3.63) is 61.1 Å². The molecule has 3 rings (SSSR count). The molecule has 27 heavy (non-hydrogen) atoms. The lowest BCUT2D eigenvalue weighted by Gasteiger charge is -2.03. The Bertz CT molecular complexity index is 1110. The Morgan fingerprint density at radius 3 is 2.67 bits per heavy atom. The fourth-order valence-electron chi connectivity index (χ4n) is 2.34. The van der Waals surface area contributed by atoms with Crippen molar-refractivity contribution < 1.29 is 23.8 Å². The van der Waals surface area contributed by atoms with E-state index in [-0.39, 0.29) is 16.2 Å². The number of methoxy groups -OCH3 is 1. The van der Waals surface area contributed by atoms with E-state index in [9.17, 15) is 25.0 Å². The van der Waals surface area contributed by atoms with Gasteiger partial charge in [-0.05, 0) is 12.1 Å². The molecule has 2 aromatic heterocycles. The number of furan rings is 1. The van der Waals surface area contributed by atoms with Crippen LogP contribution in [-0.4, -0.2) is 34.0 Å². The van der Waals surface area contributed by atoms with E-state index in [2.05, 4.69) is 4.99 Å². The lowest BCUT2D eigenvalue weighted by atomic mass is 10.3. The maximum atomic E-state index is 12.3. The second kappa shape index (κ2) is 7.47. The number of ether oxygens (including phenoxy) is 1. The number of non-ortho nitro benzene ring substituents is 1. The van der Waals surface area contributed by atoms with Crippen molar-refractivity contribution in [1.82, 2.24) is 4.57 Å². The number of hydrogen-bond acceptors (Lipinski definition) is 8. The second-order valence-electron chi connectivity index (χ2n) is 5.25. The summed E-state index contributed by atoms with van der Waals surface area (Å²) in [6.07, 6.45) is 0. The zero-order valence-corrected chi connectivity index (χ0v) is 14.7. The van der Waals surface area contributed by atoms with E-state index in [1.54, 1.807) is 10.6 Å². The van der Waals surface area contributed by atoms with Crippen molar-refractivity contribution in [2.45, 2.75) is 6.54 Å². The van der Waals surface area contributed by atoms with Crippen LogP contribution in [0.3, 0.4) is 0 Å². The molecular formula is C15H12N4O7S. The van der Waals surface area contributed by atoms with Crippen molar-refractivity contribution in [3.8, 4) is 0 Å². The van der Waals surface area contributed by atoms with Crippen LogP contribution in [0.5, 0.6) is 0 Å². The predicted octanol–water partition coefficient (Wildman–Crippen LogP) is 2.50. The molecule has 0 aliphatic carbocycles. The fraction of sp³-hybridized carbons (Fsp3) is 0.200. The Labute approximate surface area is 154 Å². The number of nitro benzene ring substituents is 1. The molecular weight excluding hydrogens is 380 g/mol. The van der Waals surface area contributed by atoms with Gasteiger partial charge in [0.1, 0.15) is 4.92 Å². The summed E-state index contributed by atoms with van der Waals surface area (Å²) >= 11 is 1.08. The number of fused-ring (bicyclic) bond motifs is 1. The summed E-state index contributed by atoms with van der Waals surface area (Å²) in [5, 5.41) is 21.6. The fourth-order valence-corrected chi connectivity index (χ4v) is 3.43. The lowest BCUT2D eigenvalue weighted by Crippen LogP contribution is -2.19. The number of nitro groups is 2. The molecule has 0 saturated heterocycles. The van der Waals surface area contributed by atoms with E-state index in [4.69, 9.17) is 9.15 Å². The number of hydrogen-bond donors (Lipinski definition) is 0. The molecule has 0 aliphatic heterocycles. The number of aromatic nitrogens is 1. The summed E-state index contributed by atoms with van der Waals surface area (Å²) in [5.74, 6) is -1.63. The third kappa shape index (κ3) is 3.75. The number of amides is 1. The Morgan fingerprint density at radius 1 is 1.26 bits per heavy atom. The Kier molecular flexibility index (Phi) is 5.09. The molecule has 0 fully saturated rings. The van der Waals surface area contributed by atoms with Crippen LogP contribution < -0.4 is 4.80 Å². The number of carbonyl (C=O) groups excluding carboxylic acids is 1. The Morgan fingerprint density at radius 2 is 2.04 bits per heavy atom. The van der Waals surface area contributed by atoms with Crippen molar-refractivity contribution in [1.29, 1.82) is 0 Å². The van der Waals surface area contributed by atoms with E-state index in [0.29, 0.717) is 23.4 Å². The minimum Gasteiger partial charge on any atom is -0.395 e. The van der Waals surface area contributed by atoms with Crippen LogP contribution in [0.2, 0.25) is 0 Å². The molecule has 0 atom stereocenters. The molecule has 0 saturated carbocycles. The average Bonchev–Trinajstić information content (AvgIpc) is 3.24. The van der Waals surface area contributed by atoms with Gasteiger partial charge < -0.3 is 13.7 Å². The quantitative estimate of drug-likeness (QED) is 0.463. The van der Waals surface area contributed by atoms with Crippen molar-refractivity contribution in [2.24, 2.45) is 4.99 Å². The average molecular weight is 392 g/mol. The summed E-state index contributed by atoms with van der Waals surface area (Å²) in [5.41, 5.74) is 0.571. The van der Waals surface area contributed by atoms with Crippen LogP contribution in [0.25, 0.3) is 10.2 Å². The van der Waals surface area contributed by atoms with Gasteiger partial charge in [0.15, 0.2) is 4.80 Å². The van der Waals surface area contributed by atoms with Gasteiger partial charge >= 0.3 is 11.8 Å². The van der Waals surface area contributed by atoms with Gasteiger partial charge in [0.2, 0.25) is 5.76 Å². The zero-order chi connectivity index (χ0) is 19.6. The van der Waals surface area contributed by atoms with E-state index in [0.717, 1.165) is 17.4 Å². The normalized spacial score (nSPS) is 11.8. The second-order valence-corrected chi connectivity index (χ2v) is 6.26. The molecule has 0 radical (unpaired) electrons. The molecule has 12 heteroatoms. The summed E-state index contributed by atoms with van der Waals surface area (Å²) < 4.78 is 12.2. The lowest BCUT2D eigenvalue weighted by molar-refractivity contribution is -0.402. The van der Waals surface area contributed by atoms with Crippen molar-refractivity contribution >= 4 is 39.0 Å². The summed E-state index contributed by atoms with van der Waals surface area (Å²) in [6.45, 7) is 0.690. The monoisotopic (exact) mass is 392 g/mol. The van der Waals surface area contributed by atoms with Gasteiger partial charge in [-0.2, -0.15) is 4.99 Å². The van der Waals surface area contributed by atoms with E-state index < -0.39 is 21.6 Å². The number of carbonyl (C=O) groups is 1. The van der Waals surface area contributed by atoms with Gasteiger partial charge in [0.25, 0.3) is 5.69 Å². The molecule has 0 aliphatic rings. The van der Waals surface area contributed by atoms with Crippen molar-refractivity contribution in [2.75, 3.05) is 13.7 Å². The third-order valence-corrected chi connectivity index (χ3v) is 4.62. The van der Waals surface area contributed by atoms with E-state index in [1.807, 2.05) is 0 Å². The molecule has 0 bridgehead atoms. The molecule has 1 aromatic carbocycles. The van der Waals surface area contributed by atoms with Crippen LogP contribution in [0, 0.1) is 20.2 Å². The van der Waals surface area contributed by atoms with Crippen LogP contribution in [0.4, 0.5) is 11.6 Å². The van der Waals surface area contributed by atoms with Crippen molar-refractivity contribution in [3.63, 3.8) is 0 Å². The Hall–Kier alpha value is -3.38. The molecule has 0 spiro atoms. The highest BCUT2D eigenvalue weighted by Gasteiger charge is 2.18. The maximum absolute atomic E-state index is 12.3. The number of rotatable bonds is 6. The highest BCUT2D eigenvalue weighted by Crippen LogP contribution is 2.23. The first-order valence-corrected chi connectivity index (χ1v) is 8.32. The largest absolute Gasteiger partial charge is 0.433 e. The van der Waals surface area contributed by atoms with Crippen LogP contribution in [0.1, 0.15) is 10.6 Å². The molecule has 0 unspecified atom stereocenters. The standard InChI is InChI=1S/C15H12N4O7S/c1-25-7-6-17-10-3-2-9(18(21)22)8-12(10)27-15(17)16-14(20)11-4-5-13(26-11)19(23)24/h2-5,8H,6-7H2,1H3. The van der Waals surface area contributed by atoms with Gasteiger partial charge in [0, 0.05) is 25.8 Å². The first-order valence-electron chi connectivity index (χ1n) is 7.50. The van der Waals surface area contributed by atoms with Gasteiger partial charge in [-0.3, -0.25) is 25.0 Å². The number of nitrogens with zero attached hydrogens (tertiary/aromatic N) is 4. The molecule has 0 N–H and O–H groups in total. The van der Waals surface area contributed by atoms with Crippen LogP contribution in [0.15, 0.2) is 39.7 Å². The van der Waals surface area contributed by atoms with Crippen LogP contribution in [-0.2, 0) is 11.3 Å².